The molecule has 0 spiro atoms. The predicted octanol–water partition coefficient (Wildman–Crippen LogP) is 1.09. The van der Waals surface area contributed by atoms with Gasteiger partial charge in [-0.2, -0.15) is 0 Å². The van der Waals surface area contributed by atoms with E-state index in [4.69, 9.17) is 0 Å². The summed E-state index contributed by atoms with van der Waals surface area (Å²) in [6.45, 7) is 4.43. The summed E-state index contributed by atoms with van der Waals surface area (Å²) in [6, 6.07) is 10.5. The Morgan fingerprint density at radius 1 is 1.22 bits per heavy atom. The molecule has 3 rings (SSSR count). The van der Waals surface area contributed by atoms with Crippen molar-refractivity contribution < 1.29 is 4.79 Å². The second kappa shape index (κ2) is 8.81. The molecular weight excluding hydrogens is 344 g/mol. The molecule has 1 fully saturated rings. The molecule has 1 atom stereocenters. The van der Waals surface area contributed by atoms with Gasteiger partial charge in [0.25, 0.3) is 5.56 Å². The van der Waals surface area contributed by atoms with Crippen LogP contribution in [0.2, 0.25) is 0 Å². The first-order chi connectivity index (χ1) is 13.0. The number of carbonyl (C=O) groups excluding carboxylic acids is 1. The molecule has 2 aromatic rings. The molecule has 0 bridgehead atoms. The van der Waals surface area contributed by atoms with E-state index in [1.165, 1.54) is 5.56 Å². The third-order valence-electron chi connectivity index (χ3n) is 4.98. The van der Waals surface area contributed by atoms with Gasteiger partial charge in [0.05, 0.1) is 0 Å². The number of nitrogens with zero attached hydrogens (tertiary/aromatic N) is 1. The lowest BCUT2D eigenvalue weighted by molar-refractivity contribution is -0.122. The molecule has 1 amide bonds. The molecule has 144 valence electrons. The van der Waals surface area contributed by atoms with Crippen LogP contribution >= 0.6 is 0 Å². The molecule has 2 heterocycles. The number of aromatic amines is 2. The summed E-state index contributed by atoms with van der Waals surface area (Å²) in [4.78, 5) is 42.6. The smallest absolute Gasteiger partial charge is 0.325 e. The zero-order chi connectivity index (χ0) is 19.2. The van der Waals surface area contributed by atoms with Crippen LogP contribution in [0.1, 0.15) is 36.1 Å². The van der Waals surface area contributed by atoms with Crippen LogP contribution in [-0.2, 0) is 17.8 Å². The van der Waals surface area contributed by atoms with Gasteiger partial charge in [0.15, 0.2) is 0 Å². The quantitative estimate of drug-likeness (QED) is 0.709. The summed E-state index contributed by atoms with van der Waals surface area (Å²) in [5.74, 6) is -0.0634. The third kappa shape index (κ3) is 5.40. The molecule has 3 N–H and O–H groups in total. The van der Waals surface area contributed by atoms with Crippen LogP contribution in [-0.4, -0.2) is 39.9 Å². The van der Waals surface area contributed by atoms with E-state index in [1.807, 2.05) is 18.2 Å². The number of amides is 1. The first kappa shape index (κ1) is 19.1. The highest BCUT2D eigenvalue weighted by Crippen LogP contribution is 2.14. The van der Waals surface area contributed by atoms with Crippen LogP contribution in [0.25, 0.3) is 0 Å². The number of nitrogens with one attached hydrogen (secondary N) is 3. The summed E-state index contributed by atoms with van der Waals surface area (Å²) < 4.78 is 0. The third-order valence-corrected chi connectivity index (χ3v) is 4.98. The SMILES string of the molecule is Cc1[nH]c(=O)[nH]c(=O)c1CCC(=O)NC1CCCN(Cc2ccccc2)C1. The highest BCUT2D eigenvalue weighted by atomic mass is 16.2. The number of benzene rings is 1. The van der Waals surface area contributed by atoms with Crippen molar-refractivity contribution in [3.8, 4) is 0 Å². The van der Waals surface area contributed by atoms with Crippen LogP contribution in [0.3, 0.4) is 0 Å². The fourth-order valence-corrected chi connectivity index (χ4v) is 3.62. The lowest BCUT2D eigenvalue weighted by Crippen LogP contribution is -2.47. The van der Waals surface area contributed by atoms with Gasteiger partial charge < -0.3 is 10.3 Å². The van der Waals surface area contributed by atoms with Crippen molar-refractivity contribution in [2.75, 3.05) is 13.1 Å². The fourth-order valence-electron chi connectivity index (χ4n) is 3.62. The first-order valence-electron chi connectivity index (χ1n) is 9.39. The molecule has 27 heavy (non-hydrogen) atoms. The Morgan fingerprint density at radius 2 is 2.00 bits per heavy atom. The van der Waals surface area contributed by atoms with E-state index in [-0.39, 0.29) is 18.4 Å². The molecule has 0 saturated carbocycles. The Bertz CT molecular complexity index is 888. The summed E-state index contributed by atoms with van der Waals surface area (Å²) in [5.41, 5.74) is 1.31. The van der Waals surface area contributed by atoms with Gasteiger partial charge in [-0.25, -0.2) is 4.79 Å². The van der Waals surface area contributed by atoms with Crippen molar-refractivity contribution in [1.29, 1.82) is 0 Å². The molecule has 1 saturated heterocycles. The van der Waals surface area contributed by atoms with Crippen LogP contribution in [0.5, 0.6) is 0 Å². The predicted molar refractivity (Wildman–Crippen MR) is 104 cm³/mol. The van der Waals surface area contributed by atoms with E-state index < -0.39 is 11.2 Å². The van der Waals surface area contributed by atoms with E-state index in [2.05, 4.69) is 32.3 Å². The van der Waals surface area contributed by atoms with Crippen LogP contribution in [0, 0.1) is 6.92 Å². The zero-order valence-electron chi connectivity index (χ0n) is 15.6. The number of H-pyrrole nitrogens is 2. The number of aryl methyl sites for hydroxylation is 1. The summed E-state index contributed by atoms with van der Waals surface area (Å²) in [7, 11) is 0. The lowest BCUT2D eigenvalue weighted by Gasteiger charge is -2.33. The van der Waals surface area contributed by atoms with Gasteiger partial charge in [0, 0.05) is 36.8 Å². The molecule has 1 aromatic heterocycles. The van der Waals surface area contributed by atoms with Gasteiger partial charge in [-0.3, -0.25) is 19.5 Å². The fraction of sp³-hybridized carbons (Fsp3) is 0.450. The van der Waals surface area contributed by atoms with E-state index in [0.29, 0.717) is 17.7 Å². The van der Waals surface area contributed by atoms with Gasteiger partial charge in [-0.1, -0.05) is 30.3 Å². The second-order valence-corrected chi connectivity index (χ2v) is 7.14. The number of piperidine rings is 1. The van der Waals surface area contributed by atoms with Gasteiger partial charge in [-0.05, 0) is 38.3 Å². The summed E-state index contributed by atoms with van der Waals surface area (Å²) in [5, 5.41) is 3.09. The Balaban J connectivity index is 1.50. The summed E-state index contributed by atoms with van der Waals surface area (Å²) >= 11 is 0. The lowest BCUT2D eigenvalue weighted by atomic mass is 10.0. The Morgan fingerprint density at radius 3 is 2.74 bits per heavy atom. The largest absolute Gasteiger partial charge is 0.352 e. The maximum absolute atomic E-state index is 12.3. The summed E-state index contributed by atoms with van der Waals surface area (Å²) in [6.07, 6.45) is 2.56. The van der Waals surface area contributed by atoms with Crippen molar-refractivity contribution in [3.05, 3.63) is 68.0 Å². The number of hydrogen-bond acceptors (Lipinski definition) is 4. The van der Waals surface area contributed by atoms with Crippen molar-refractivity contribution in [3.63, 3.8) is 0 Å². The molecule has 1 aliphatic rings. The average Bonchev–Trinajstić information content (AvgIpc) is 2.62. The standard InChI is InChI=1S/C20H26N4O3/c1-14-17(19(26)23-20(27)21-14)9-10-18(25)22-16-8-5-11-24(13-16)12-15-6-3-2-4-7-15/h2-4,6-7,16H,5,8-13H2,1H3,(H,22,25)(H2,21,23,26,27). The molecule has 0 aliphatic carbocycles. The van der Waals surface area contributed by atoms with Crippen molar-refractivity contribution in [2.24, 2.45) is 0 Å². The van der Waals surface area contributed by atoms with Crippen LogP contribution in [0.4, 0.5) is 0 Å². The Kier molecular flexibility index (Phi) is 6.24. The van der Waals surface area contributed by atoms with Gasteiger partial charge >= 0.3 is 5.69 Å². The maximum Gasteiger partial charge on any atom is 0.325 e. The average molecular weight is 370 g/mol. The molecular formula is C20H26N4O3. The second-order valence-electron chi connectivity index (χ2n) is 7.14. The molecule has 7 heteroatoms. The molecule has 7 nitrogen and oxygen atoms in total. The number of hydrogen-bond donors (Lipinski definition) is 3. The van der Waals surface area contributed by atoms with E-state index >= 15 is 0 Å². The first-order valence-corrected chi connectivity index (χ1v) is 9.39. The highest BCUT2D eigenvalue weighted by Gasteiger charge is 2.21. The Labute approximate surface area is 157 Å². The van der Waals surface area contributed by atoms with Crippen molar-refractivity contribution >= 4 is 5.91 Å². The minimum atomic E-state index is -0.522. The molecule has 1 aromatic carbocycles. The number of aromatic nitrogens is 2. The van der Waals surface area contributed by atoms with Crippen LogP contribution in [0.15, 0.2) is 39.9 Å². The monoisotopic (exact) mass is 370 g/mol. The minimum absolute atomic E-state index is 0.0634. The highest BCUT2D eigenvalue weighted by molar-refractivity contribution is 5.76. The number of carbonyl (C=O) groups is 1. The number of rotatable bonds is 6. The maximum atomic E-state index is 12.3. The van der Waals surface area contributed by atoms with Gasteiger partial charge in [-0.15, -0.1) is 0 Å². The van der Waals surface area contributed by atoms with Crippen molar-refractivity contribution in [2.45, 2.75) is 45.2 Å². The topological polar surface area (TPSA) is 98.1 Å². The Hall–Kier alpha value is -2.67. The van der Waals surface area contributed by atoms with Gasteiger partial charge in [0.2, 0.25) is 5.91 Å². The van der Waals surface area contributed by atoms with Crippen LogP contribution < -0.4 is 16.6 Å². The zero-order valence-corrected chi connectivity index (χ0v) is 15.6. The molecule has 0 radical (unpaired) electrons. The molecule has 1 aliphatic heterocycles. The van der Waals surface area contributed by atoms with E-state index in [1.54, 1.807) is 6.92 Å². The number of likely N-dealkylation sites (tertiary alicyclic amines) is 1. The van der Waals surface area contributed by atoms with E-state index in [0.717, 1.165) is 32.5 Å². The molecule has 1 unspecified atom stereocenters. The van der Waals surface area contributed by atoms with E-state index in [9.17, 15) is 14.4 Å². The van der Waals surface area contributed by atoms with Gasteiger partial charge in [0.1, 0.15) is 0 Å². The van der Waals surface area contributed by atoms with Crippen molar-refractivity contribution in [1.82, 2.24) is 20.2 Å². The normalized spacial score (nSPS) is 17.6. The minimum Gasteiger partial charge on any atom is -0.352 e.